The third-order valence-electron chi connectivity index (χ3n) is 0.791. The summed E-state index contributed by atoms with van der Waals surface area (Å²) in [6.45, 7) is 5.30. The Hall–Kier alpha value is -0.850. The predicted octanol–water partition coefficient (Wildman–Crippen LogP) is 2.99. The van der Waals surface area contributed by atoms with Crippen LogP contribution in [0, 0.1) is 0 Å². The molecule has 0 radical (unpaired) electrons. The highest BCUT2D eigenvalue weighted by Crippen LogP contribution is 1.99. The molecular formula is C8H11F. The van der Waals surface area contributed by atoms with E-state index in [1.807, 2.05) is 6.92 Å². The second-order valence-corrected chi connectivity index (χ2v) is 1.59. The molecule has 0 aromatic carbocycles. The van der Waals surface area contributed by atoms with Gasteiger partial charge in [-0.25, -0.2) is 4.39 Å². The Bertz CT molecular complexity index is 132. The van der Waals surface area contributed by atoms with Crippen molar-refractivity contribution in [3.63, 3.8) is 0 Å². The quantitative estimate of drug-likeness (QED) is 0.510. The molecule has 50 valence electrons. The van der Waals surface area contributed by atoms with Crippen molar-refractivity contribution < 1.29 is 4.39 Å². The summed E-state index contributed by atoms with van der Waals surface area (Å²) in [6.07, 6.45) is 6.74. The van der Waals surface area contributed by atoms with Gasteiger partial charge >= 0.3 is 0 Å². The molecule has 0 bridgehead atoms. The zero-order chi connectivity index (χ0) is 7.11. The molecule has 0 rings (SSSR count). The van der Waals surface area contributed by atoms with Gasteiger partial charge in [0.05, 0.1) is 0 Å². The van der Waals surface area contributed by atoms with E-state index in [2.05, 4.69) is 6.58 Å². The Morgan fingerprint density at radius 2 is 2.33 bits per heavy atom. The van der Waals surface area contributed by atoms with Crippen molar-refractivity contribution >= 4 is 0 Å². The number of hydrogen-bond acceptors (Lipinski definition) is 0. The molecule has 0 spiro atoms. The van der Waals surface area contributed by atoms with Gasteiger partial charge in [0.25, 0.3) is 0 Å². The summed E-state index contributed by atoms with van der Waals surface area (Å²) in [5.41, 5.74) is 0. The molecule has 0 aliphatic rings. The largest absolute Gasteiger partial charge is 0.207 e. The summed E-state index contributed by atoms with van der Waals surface area (Å²) >= 11 is 0. The van der Waals surface area contributed by atoms with E-state index in [4.69, 9.17) is 0 Å². The van der Waals surface area contributed by atoms with Crippen molar-refractivity contribution in [1.82, 2.24) is 0 Å². The first-order valence-corrected chi connectivity index (χ1v) is 2.96. The smallest absolute Gasteiger partial charge is 0.119 e. The minimum absolute atomic E-state index is 0.197. The van der Waals surface area contributed by atoms with Crippen LogP contribution in [0.15, 0.2) is 36.7 Å². The minimum Gasteiger partial charge on any atom is -0.207 e. The highest BCUT2D eigenvalue weighted by Gasteiger charge is 1.80. The molecule has 0 aromatic rings. The van der Waals surface area contributed by atoms with E-state index >= 15 is 0 Å². The molecule has 0 aliphatic heterocycles. The van der Waals surface area contributed by atoms with Crippen molar-refractivity contribution in [3.8, 4) is 0 Å². The lowest BCUT2D eigenvalue weighted by atomic mass is 10.3. The number of allylic oxidation sites excluding steroid dienone is 5. The maximum Gasteiger partial charge on any atom is 0.119 e. The van der Waals surface area contributed by atoms with Crippen molar-refractivity contribution in [2.75, 3.05) is 0 Å². The Morgan fingerprint density at radius 1 is 1.67 bits per heavy atom. The van der Waals surface area contributed by atoms with Crippen LogP contribution < -0.4 is 0 Å². The summed E-state index contributed by atoms with van der Waals surface area (Å²) in [7, 11) is 0. The van der Waals surface area contributed by atoms with Crippen molar-refractivity contribution in [2.45, 2.75) is 13.3 Å². The van der Waals surface area contributed by atoms with E-state index in [1.165, 1.54) is 12.2 Å². The van der Waals surface area contributed by atoms with Gasteiger partial charge in [-0.1, -0.05) is 25.7 Å². The van der Waals surface area contributed by atoms with Gasteiger partial charge in [-0.3, -0.25) is 0 Å². The SMILES string of the molecule is C=C/C=C\C(F)=C/CC. The van der Waals surface area contributed by atoms with Crippen LogP contribution in [-0.4, -0.2) is 0 Å². The number of halogens is 1. The van der Waals surface area contributed by atoms with Gasteiger partial charge in [-0.15, -0.1) is 0 Å². The van der Waals surface area contributed by atoms with Crippen LogP contribution in [0.1, 0.15) is 13.3 Å². The second-order valence-electron chi connectivity index (χ2n) is 1.59. The van der Waals surface area contributed by atoms with E-state index in [-0.39, 0.29) is 5.83 Å². The molecule has 0 unspecified atom stereocenters. The first-order chi connectivity index (χ1) is 4.31. The standard InChI is InChI=1S/C8H11F/c1-3-5-7-8(9)6-4-2/h3,5-7H,1,4H2,2H3/b7-5-,8-6+. The predicted molar refractivity (Wildman–Crippen MR) is 38.8 cm³/mol. The molecule has 0 heterocycles. The normalized spacial score (nSPS) is 12.4. The van der Waals surface area contributed by atoms with Crippen LogP contribution in [0.4, 0.5) is 4.39 Å². The topological polar surface area (TPSA) is 0 Å². The van der Waals surface area contributed by atoms with E-state index in [0.29, 0.717) is 0 Å². The first-order valence-electron chi connectivity index (χ1n) is 2.96. The highest BCUT2D eigenvalue weighted by atomic mass is 19.1. The minimum atomic E-state index is -0.197. The fourth-order valence-electron chi connectivity index (χ4n) is 0.423. The zero-order valence-corrected chi connectivity index (χ0v) is 5.60. The van der Waals surface area contributed by atoms with Crippen LogP contribution in [0.5, 0.6) is 0 Å². The second kappa shape index (κ2) is 5.29. The molecule has 0 nitrogen and oxygen atoms in total. The Labute approximate surface area is 55.4 Å². The van der Waals surface area contributed by atoms with E-state index < -0.39 is 0 Å². The lowest BCUT2D eigenvalue weighted by Crippen LogP contribution is -1.62. The molecule has 0 aliphatic carbocycles. The number of hydrogen-bond donors (Lipinski definition) is 0. The van der Waals surface area contributed by atoms with Crippen LogP contribution in [-0.2, 0) is 0 Å². The molecule has 0 saturated carbocycles. The molecule has 9 heavy (non-hydrogen) atoms. The van der Waals surface area contributed by atoms with Crippen LogP contribution >= 0.6 is 0 Å². The Morgan fingerprint density at radius 3 is 2.78 bits per heavy atom. The van der Waals surface area contributed by atoms with Gasteiger partial charge in [-0.05, 0) is 18.6 Å². The van der Waals surface area contributed by atoms with E-state index in [1.54, 1.807) is 12.2 Å². The van der Waals surface area contributed by atoms with Gasteiger partial charge < -0.3 is 0 Å². The lowest BCUT2D eigenvalue weighted by Gasteiger charge is -1.81. The third-order valence-corrected chi connectivity index (χ3v) is 0.791. The van der Waals surface area contributed by atoms with E-state index in [9.17, 15) is 4.39 Å². The zero-order valence-electron chi connectivity index (χ0n) is 5.60. The molecule has 1 heteroatoms. The van der Waals surface area contributed by atoms with Crippen molar-refractivity contribution in [1.29, 1.82) is 0 Å². The highest BCUT2D eigenvalue weighted by molar-refractivity contribution is 5.14. The van der Waals surface area contributed by atoms with Crippen LogP contribution in [0.3, 0.4) is 0 Å². The lowest BCUT2D eigenvalue weighted by molar-refractivity contribution is 0.661. The third kappa shape index (κ3) is 5.01. The van der Waals surface area contributed by atoms with Crippen molar-refractivity contribution in [2.24, 2.45) is 0 Å². The van der Waals surface area contributed by atoms with Gasteiger partial charge in [0.2, 0.25) is 0 Å². The van der Waals surface area contributed by atoms with Crippen LogP contribution in [0.25, 0.3) is 0 Å². The molecule has 0 fully saturated rings. The maximum atomic E-state index is 12.3. The van der Waals surface area contributed by atoms with Gasteiger partial charge in [0.15, 0.2) is 0 Å². The molecule has 0 saturated heterocycles. The monoisotopic (exact) mass is 126 g/mol. The maximum absolute atomic E-state index is 12.3. The summed E-state index contributed by atoms with van der Waals surface area (Å²) in [6, 6.07) is 0. The molecule has 0 N–H and O–H groups in total. The van der Waals surface area contributed by atoms with Gasteiger partial charge in [0.1, 0.15) is 5.83 Å². The molecular weight excluding hydrogens is 115 g/mol. The summed E-state index contributed by atoms with van der Waals surface area (Å²) in [5, 5.41) is 0. The summed E-state index contributed by atoms with van der Waals surface area (Å²) < 4.78 is 12.3. The Balaban J connectivity index is 3.74. The van der Waals surface area contributed by atoms with Crippen LogP contribution in [0.2, 0.25) is 0 Å². The van der Waals surface area contributed by atoms with Gasteiger partial charge in [-0.2, -0.15) is 0 Å². The fourth-order valence-corrected chi connectivity index (χ4v) is 0.423. The first kappa shape index (κ1) is 8.15. The average molecular weight is 126 g/mol. The summed E-state index contributed by atoms with van der Waals surface area (Å²) in [5.74, 6) is -0.197. The average Bonchev–Trinajstić information content (AvgIpc) is 1.85. The fraction of sp³-hybridized carbons (Fsp3) is 0.250. The Kier molecular flexibility index (Phi) is 4.79. The summed E-state index contributed by atoms with van der Waals surface area (Å²) in [4.78, 5) is 0. The van der Waals surface area contributed by atoms with E-state index in [0.717, 1.165) is 6.42 Å². The number of rotatable bonds is 3. The van der Waals surface area contributed by atoms with Crippen molar-refractivity contribution in [3.05, 3.63) is 36.7 Å². The molecule has 0 amide bonds. The molecule has 0 aromatic heterocycles. The van der Waals surface area contributed by atoms with Gasteiger partial charge in [0, 0.05) is 0 Å². The molecule has 0 atom stereocenters.